The average molecular weight is 502 g/mol. The van der Waals surface area contributed by atoms with Crippen LogP contribution in [-0.2, 0) is 11.3 Å². The van der Waals surface area contributed by atoms with Gasteiger partial charge in [0.2, 0.25) is 0 Å². The number of benzene rings is 2. The van der Waals surface area contributed by atoms with Crippen LogP contribution in [0.5, 0.6) is 0 Å². The minimum atomic E-state index is -5.08. The highest BCUT2D eigenvalue weighted by Gasteiger charge is 2.38. The van der Waals surface area contributed by atoms with Gasteiger partial charge in [-0.25, -0.2) is 14.8 Å². The molecule has 1 saturated heterocycles. The summed E-state index contributed by atoms with van der Waals surface area (Å²) in [6.45, 7) is 9.47. The molecule has 1 aromatic heterocycles. The number of halogens is 3. The number of piperazine rings is 1. The third kappa shape index (κ3) is 6.63. The molecular formula is C26H30F3N5O2. The number of alkyl halides is 3. The van der Waals surface area contributed by atoms with E-state index in [1.54, 1.807) is 0 Å². The van der Waals surface area contributed by atoms with Gasteiger partial charge in [-0.05, 0) is 49.9 Å². The first-order valence-corrected chi connectivity index (χ1v) is 12.0. The number of aliphatic carboxylic acids is 1. The summed E-state index contributed by atoms with van der Waals surface area (Å²) in [6.07, 6.45) is -2.62. The van der Waals surface area contributed by atoms with E-state index in [1.807, 2.05) is 18.2 Å². The van der Waals surface area contributed by atoms with Crippen LogP contribution in [0.2, 0.25) is 0 Å². The van der Waals surface area contributed by atoms with Crippen LogP contribution in [0.15, 0.2) is 42.5 Å². The van der Waals surface area contributed by atoms with E-state index in [9.17, 15) is 13.2 Å². The summed E-state index contributed by atoms with van der Waals surface area (Å²) >= 11 is 0. The number of fused-ring (bicyclic) bond motifs is 1. The first-order chi connectivity index (χ1) is 17.1. The Hall–Kier alpha value is -3.40. The van der Waals surface area contributed by atoms with E-state index in [4.69, 9.17) is 19.9 Å². The summed E-state index contributed by atoms with van der Waals surface area (Å²) in [7, 11) is 0. The summed E-state index contributed by atoms with van der Waals surface area (Å²) in [5.74, 6) is -0.789. The maximum Gasteiger partial charge on any atom is 0.490 e. The van der Waals surface area contributed by atoms with E-state index < -0.39 is 12.1 Å². The molecule has 0 bridgehead atoms. The molecule has 0 spiro atoms. The molecule has 36 heavy (non-hydrogen) atoms. The predicted molar refractivity (Wildman–Crippen MR) is 133 cm³/mol. The molecular weight excluding hydrogens is 471 g/mol. The van der Waals surface area contributed by atoms with Crippen LogP contribution in [0, 0.1) is 13.8 Å². The third-order valence-electron chi connectivity index (χ3n) is 6.28. The summed E-state index contributed by atoms with van der Waals surface area (Å²) in [5.41, 5.74) is 6.10. The van der Waals surface area contributed by atoms with Crippen molar-refractivity contribution in [2.75, 3.05) is 36.4 Å². The van der Waals surface area contributed by atoms with Crippen LogP contribution < -0.4 is 10.2 Å². The second kappa shape index (κ2) is 10.7. The molecule has 7 nitrogen and oxygen atoms in total. The van der Waals surface area contributed by atoms with Gasteiger partial charge in [0.15, 0.2) is 11.6 Å². The van der Waals surface area contributed by atoms with E-state index in [2.05, 4.69) is 53.2 Å². The van der Waals surface area contributed by atoms with Crippen LogP contribution in [0.4, 0.5) is 24.8 Å². The number of anilines is 2. The Balaban J connectivity index is 0.000000384. The predicted octanol–water partition coefficient (Wildman–Crippen LogP) is 4.78. The number of hydrogen-bond acceptors (Lipinski definition) is 6. The molecule has 1 aliphatic heterocycles. The Bertz CT molecular complexity index is 1220. The van der Waals surface area contributed by atoms with Crippen LogP contribution in [0.25, 0.3) is 11.0 Å². The summed E-state index contributed by atoms with van der Waals surface area (Å²) in [5, 5.41) is 10.7. The number of hydrogen-bond donors (Lipinski definition) is 2. The molecule has 2 heterocycles. The van der Waals surface area contributed by atoms with Crippen LogP contribution in [0.1, 0.15) is 29.5 Å². The molecule has 2 aromatic carbocycles. The van der Waals surface area contributed by atoms with E-state index >= 15 is 0 Å². The molecule has 1 aliphatic carbocycles. The molecule has 2 aliphatic rings. The lowest BCUT2D eigenvalue weighted by Crippen LogP contribution is -2.46. The van der Waals surface area contributed by atoms with E-state index in [0.29, 0.717) is 6.04 Å². The van der Waals surface area contributed by atoms with E-state index in [-0.39, 0.29) is 0 Å². The zero-order valence-electron chi connectivity index (χ0n) is 20.3. The lowest BCUT2D eigenvalue weighted by Gasteiger charge is -2.36. The SMILES string of the molecule is Cc1ccc(CN2CCN(c3nc4ccccc4nc3NC3CC3)CC2)c(C)c1.O=C(O)C(F)(F)F. The Kier molecular flexibility index (Phi) is 7.63. The largest absolute Gasteiger partial charge is 0.490 e. The van der Waals surface area contributed by atoms with Crippen LogP contribution in [0.3, 0.4) is 0 Å². The molecule has 10 heteroatoms. The topological polar surface area (TPSA) is 81.6 Å². The number of nitrogens with one attached hydrogen (secondary N) is 1. The summed E-state index contributed by atoms with van der Waals surface area (Å²) in [6, 6.07) is 15.5. The highest BCUT2D eigenvalue weighted by atomic mass is 19.4. The van der Waals surface area contributed by atoms with Crippen molar-refractivity contribution < 1.29 is 23.1 Å². The first-order valence-electron chi connectivity index (χ1n) is 12.0. The zero-order valence-corrected chi connectivity index (χ0v) is 20.3. The maximum atomic E-state index is 10.6. The maximum absolute atomic E-state index is 10.6. The number of para-hydroxylation sites is 2. The van der Waals surface area contributed by atoms with Crippen molar-refractivity contribution >= 4 is 28.6 Å². The minimum absolute atomic E-state index is 0.565. The molecule has 0 amide bonds. The second-order valence-electron chi connectivity index (χ2n) is 9.30. The van der Waals surface area contributed by atoms with Gasteiger partial charge in [-0.15, -0.1) is 0 Å². The smallest absolute Gasteiger partial charge is 0.475 e. The molecule has 3 aromatic rings. The van der Waals surface area contributed by atoms with Gasteiger partial charge in [-0.3, -0.25) is 4.90 Å². The molecule has 0 radical (unpaired) electrons. The van der Waals surface area contributed by atoms with Crippen molar-refractivity contribution in [2.24, 2.45) is 0 Å². The van der Waals surface area contributed by atoms with Gasteiger partial charge in [0.25, 0.3) is 0 Å². The van der Waals surface area contributed by atoms with Crippen molar-refractivity contribution in [1.29, 1.82) is 0 Å². The number of rotatable bonds is 5. The van der Waals surface area contributed by atoms with Crippen molar-refractivity contribution in [1.82, 2.24) is 14.9 Å². The monoisotopic (exact) mass is 501 g/mol. The number of carbonyl (C=O) groups is 1. The molecule has 2 fully saturated rings. The second-order valence-corrected chi connectivity index (χ2v) is 9.30. The van der Waals surface area contributed by atoms with Crippen molar-refractivity contribution in [3.05, 3.63) is 59.2 Å². The molecule has 1 saturated carbocycles. The number of carboxylic acid groups (broad SMARTS) is 1. The third-order valence-corrected chi connectivity index (χ3v) is 6.28. The lowest BCUT2D eigenvalue weighted by atomic mass is 10.1. The van der Waals surface area contributed by atoms with Gasteiger partial charge in [-0.2, -0.15) is 13.2 Å². The van der Waals surface area contributed by atoms with Gasteiger partial charge in [0.05, 0.1) is 11.0 Å². The summed E-state index contributed by atoms with van der Waals surface area (Å²) < 4.78 is 31.7. The van der Waals surface area contributed by atoms with Crippen molar-refractivity contribution in [3.8, 4) is 0 Å². The highest BCUT2D eigenvalue weighted by Crippen LogP contribution is 2.31. The summed E-state index contributed by atoms with van der Waals surface area (Å²) in [4.78, 5) is 23.8. The fourth-order valence-corrected chi connectivity index (χ4v) is 4.11. The number of aryl methyl sites for hydroxylation is 2. The lowest BCUT2D eigenvalue weighted by molar-refractivity contribution is -0.192. The van der Waals surface area contributed by atoms with Gasteiger partial charge in [0.1, 0.15) is 0 Å². The van der Waals surface area contributed by atoms with Crippen LogP contribution >= 0.6 is 0 Å². The van der Waals surface area contributed by atoms with Gasteiger partial charge < -0.3 is 15.3 Å². The van der Waals surface area contributed by atoms with Crippen molar-refractivity contribution in [2.45, 2.75) is 45.5 Å². The first kappa shape index (κ1) is 25.7. The average Bonchev–Trinajstić information content (AvgIpc) is 3.65. The normalized spacial score (nSPS) is 16.4. The number of aromatic nitrogens is 2. The quantitative estimate of drug-likeness (QED) is 0.521. The van der Waals surface area contributed by atoms with Gasteiger partial charge in [-0.1, -0.05) is 35.9 Å². The fraction of sp³-hybridized carbons (Fsp3) is 0.423. The Morgan fingerprint density at radius 1 is 1.03 bits per heavy atom. The van der Waals surface area contributed by atoms with Crippen LogP contribution in [-0.4, -0.2) is 64.3 Å². The number of nitrogens with zero attached hydrogens (tertiary/aromatic N) is 4. The van der Waals surface area contributed by atoms with Crippen molar-refractivity contribution in [3.63, 3.8) is 0 Å². The minimum Gasteiger partial charge on any atom is -0.475 e. The molecule has 0 unspecified atom stereocenters. The molecule has 0 atom stereocenters. The van der Waals surface area contributed by atoms with E-state index in [1.165, 1.54) is 29.5 Å². The highest BCUT2D eigenvalue weighted by molar-refractivity contribution is 5.80. The molecule has 2 N–H and O–H groups in total. The standard InChI is InChI=1S/C24H29N5.C2HF3O2/c1-17-7-8-19(18(2)15-17)16-28-11-13-29(14-12-28)24-23(25-20-9-10-20)26-21-5-3-4-6-22(21)27-24;3-2(4,5)1(6)7/h3-8,15,20H,9-14,16H2,1-2H3,(H,25,26);(H,6,7). The van der Waals surface area contributed by atoms with Gasteiger partial charge >= 0.3 is 12.1 Å². The Labute approximate surface area is 208 Å². The van der Waals surface area contributed by atoms with E-state index in [0.717, 1.165) is 55.4 Å². The Morgan fingerprint density at radius 2 is 1.64 bits per heavy atom. The number of carboxylic acids is 1. The molecule has 192 valence electrons. The fourth-order valence-electron chi connectivity index (χ4n) is 4.11. The molecule has 5 rings (SSSR count). The van der Waals surface area contributed by atoms with Gasteiger partial charge in [0, 0.05) is 38.8 Å². The Morgan fingerprint density at radius 3 is 2.19 bits per heavy atom. The zero-order chi connectivity index (χ0) is 25.9.